The molecular weight excluding hydrogens is 388 g/mol. The van der Waals surface area contributed by atoms with E-state index in [9.17, 15) is 0 Å². The maximum Gasteiger partial charge on any atom is 0.159 e. The summed E-state index contributed by atoms with van der Waals surface area (Å²) in [5, 5.41) is 8.60. The van der Waals surface area contributed by atoms with Gasteiger partial charge in [-0.15, -0.1) is 0 Å². The van der Waals surface area contributed by atoms with Crippen LogP contribution in [0.5, 0.6) is 0 Å². The molecule has 0 aliphatic carbocycles. The standard InChI is InChI=1S/C23H22N8/c1-30-9-11-31(12-10-30)20-7-4-6-17-22(20)27-23(26-17)21-15-13-18(16-5-2-3-8-24-16)25-14-19(15)28-29-21/h2-8,13-14H,9-12H2,1H3,(H,26,27)(H,28,29). The third-order valence-corrected chi connectivity index (χ3v) is 5.93. The molecule has 31 heavy (non-hydrogen) atoms. The smallest absolute Gasteiger partial charge is 0.159 e. The second kappa shape index (κ2) is 7.17. The summed E-state index contributed by atoms with van der Waals surface area (Å²) < 4.78 is 0. The van der Waals surface area contributed by atoms with Gasteiger partial charge >= 0.3 is 0 Å². The minimum Gasteiger partial charge on any atom is -0.367 e. The molecule has 6 rings (SSSR count). The van der Waals surface area contributed by atoms with Gasteiger partial charge in [-0.1, -0.05) is 12.1 Å². The summed E-state index contributed by atoms with van der Waals surface area (Å²) in [6.45, 7) is 4.12. The number of rotatable bonds is 3. The van der Waals surface area contributed by atoms with Crippen molar-refractivity contribution < 1.29 is 0 Å². The molecule has 4 aromatic heterocycles. The number of H-pyrrole nitrogens is 2. The van der Waals surface area contributed by atoms with Gasteiger partial charge in [-0.3, -0.25) is 15.1 Å². The number of aromatic amines is 2. The molecule has 5 heterocycles. The van der Waals surface area contributed by atoms with Crippen LogP contribution in [-0.4, -0.2) is 68.3 Å². The summed E-state index contributed by atoms with van der Waals surface area (Å²) in [4.78, 5) is 22.2. The number of para-hydroxylation sites is 1. The first-order valence-electron chi connectivity index (χ1n) is 10.4. The highest BCUT2D eigenvalue weighted by Gasteiger charge is 2.20. The van der Waals surface area contributed by atoms with Crippen LogP contribution in [0, 0.1) is 0 Å². The summed E-state index contributed by atoms with van der Waals surface area (Å²) in [7, 11) is 2.17. The lowest BCUT2D eigenvalue weighted by atomic mass is 10.1. The molecule has 5 aromatic rings. The highest BCUT2D eigenvalue weighted by atomic mass is 15.3. The van der Waals surface area contributed by atoms with Crippen molar-refractivity contribution >= 4 is 27.6 Å². The number of hydrogen-bond acceptors (Lipinski definition) is 6. The van der Waals surface area contributed by atoms with E-state index in [1.807, 2.05) is 24.3 Å². The molecule has 8 heteroatoms. The number of anilines is 1. The van der Waals surface area contributed by atoms with Gasteiger partial charge in [-0.2, -0.15) is 5.10 Å². The number of fused-ring (bicyclic) bond motifs is 2. The number of aromatic nitrogens is 6. The Labute approximate surface area is 179 Å². The van der Waals surface area contributed by atoms with Gasteiger partial charge in [0.05, 0.1) is 34.3 Å². The first-order chi connectivity index (χ1) is 15.3. The molecule has 0 spiro atoms. The second-order valence-corrected chi connectivity index (χ2v) is 7.95. The molecule has 1 fully saturated rings. The molecule has 1 aliphatic heterocycles. The van der Waals surface area contributed by atoms with Crippen molar-refractivity contribution in [1.82, 2.24) is 35.0 Å². The molecule has 0 saturated carbocycles. The Morgan fingerprint density at radius 1 is 0.903 bits per heavy atom. The second-order valence-electron chi connectivity index (χ2n) is 7.95. The average molecular weight is 410 g/mol. The SMILES string of the molecule is CN1CCN(c2cccc3[nH]c(-c4n[nH]c5cnc(-c6ccccn6)cc45)nc23)CC1. The summed E-state index contributed by atoms with van der Waals surface area (Å²) in [6, 6.07) is 14.2. The van der Waals surface area contributed by atoms with Gasteiger partial charge < -0.3 is 14.8 Å². The van der Waals surface area contributed by atoms with Crippen molar-refractivity contribution in [1.29, 1.82) is 0 Å². The van der Waals surface area contributed by atoms with E-state index in [2.05, 4.69) is 60.2 Å². The molecule has 8 nitrogen and oxygen atoms in total. The number of nitrogens with zero attached hydrogens (tertiary/aromatic N) is 6. The Hall–Kier alpha value is -3.78. The fourth-order valence-electron chi connectivity index (χ4n) is 4.18. The third-order valence-electron chi connectivity index (χ3n) is 5.93. The topological polar surface area (TPSA) is 89.6 Å². The number of benzene rings is 1. The monoisotopic (exact) mass is 410 g/mol. The Morgan fingerprint density at radius 2 is 1.81 bits per heavy atom. The lowest BCUT2D eigenvalue weighted by Gasteiger charge is -2.34. The van der Waals surface area contributed by atoms with Crippen LogP contribution >= 0.6 is 0 Å². The van der Waals surface area contributed by atoms with Crippen LogP contribution in [0.3, 0.4) is 0 Å². The van der Waals surface area contributed by atoms with Crippen LogP contribution in [0.1, 0.15) is 0 Å². The van der Waals surface area contributed by atoms with E-state index in [4.69, 9.17) is 4.98 Å². The molecule has 0 bridgehead atoms. The van der Waals surface area contributed by atoms with Crippen LogP contribution in [-0.2, 0) is 0 Å². The molecule has 0 atom stereocenters. The van der Waals surface area contributed by atoms with Crippen LogP contribution in [0.4, 0.5) is 5.69 Å². The minimum atomic E-state index is 0.751. The van der Waals surface area contributed by atoms with Crippen LogP contribution in [0.25, 0.3) is 44.8 Å². The number of pyridine rings is 2. The minimum absolute atomic E-state index is 0.751. The lowest BCUT2D eigenvalue weighted by molar-refractivity contribution is 0.313. The van der Waals surface area contributed by atoms with Gasteiger partial charge in [0.15, 0.2) is 5.82 Å². The predicted molar refractivity (Wildman–Crippen MR) is 122 cm³/mol. The van der Waals surface area contributed by atoms with E-state index in [0.717, 1.165) is 71.0 Å². The van der Waals surface area contributed by atoms with Crippen molar-refractivity contribution in [2.75, 3.05) is 38.1 Å². The molecule has 0 radical (unpaired) electrons. The number of hydrogen-bond donors (Lipinski definition) is 2. The largest absolute Gasteiger partial charge is 0.367 e. The Morgan fingerprint density at radius 3 is 2.65 bits per heavy atom. The van der Waals surface area contributed by atoms with E-state index in [0.29, 0.717) is 0 Å². The van der Waals surface area contributed by atoms with Crippen molar-refractivity contribution in [2.45, 2.75) is 0 Å². The van der Waals surface area contributed by atoms with Crippen LogP contribution < -0.4 is 4.90 Å². The van der Waals surface area contributed by atoms with Crippen LogP contribution in [0.15, 0.2) is 54.9 Å². The highest BCUT2D eigenvalue weighted by molar-refractivity contribution is 5.96. The van der Waals surface area contributed by atoms with Crippen molar-refractivity contribution in [3.05, 3.63) is 54.9 Å². The predicted octanol–water partition coefficient (Wildman–Crippen LogP) is 3.32. The maximum absolute atomic E-state index is 4.97. The molecule has 1 saturated heterocycles. The van der Waals surface area contributed by atoms with E-state index in [-0.39, 0.29) is 0 Å². The van der Waals surface area contributed by atoms with Gasteiger partial charge in [0, 0.05) is 37.8 Å². The number of likely N-dealkylation sites (N-methyl/N-ethyl adjacent to an activating group) is 1. The van der Waals surface area contributed by atoms with Crippen molar-refractivity contribution in [2.24, 2.45) is 0 Å². The quantitative estimate of drug-likeness (QED) is 0.474. The Balaban J connectivity index is 1.44. The summed E-state index contributed by atoms with van der Waals surface area (Å²) in [6.07, 6.45) is 3.57. The lowest BCUT2D eigenvalue weighted by Crippen LogP contribution is -2.44. The highest BCUT2D eigenvalue weighted by Crippen LogP contribution is 2.31. The molecule has 1 aromatic carbocycles. The summed E-state index contributed by atoms with van der Waals surface area (Å²) >= 11 is 0. The van der Waals surface area contributed by atoms with Crippen molar-refractivity contribution in [3.63, 3.8) is 0 Å². The molecule has 0 amide bonds. The Bertz CT molecular complexity index is 1360. The summed E-state index contributed by atoms with van der Waals surface area (Å²) in [5.74, 6) is 0.751. The van der Waals surface area contributed by atoms with Gasteiger partial charge in [0.25, 0.3) is 0 Å². The molecule has 2 N–H and O–H groups in total. The van der Waals surface area contributed by atoms with E-state index >= 15 is 0 Å². The van der Waals surface area contributed by atoms with Crippen LogP contribution in [0.2, 0.25) is 0 Å². The third kappa shape index (κ3) is 3.12. The van der Waals surface area contributed by atoms with E-state index in [1.165, 1.54) is 5.69 Å². The molecule has 0 unspecified atom stereocenters. The number of nitrogens with one attached hydrogen (secondary N) is 2. The van der Waals surface area contributed by atoms with Gasteiger partial charge in [0.1, 0.15) is 11.2 Å². The molecule has 154 valence electrons. The van der Waals surface area contributed by atoms with Gasteiger partial charge in [-0.25, -0.2) is 4.98 Å². The normalized spacial score (nSPS) is 15.2. The average Bonchev–Trinajstić information content (AvgIpc) is 3.43. The zero-order valence-corrected chi connectivity index (χ0v) is 17.2. The first-order valence-corrected chi connectivity index (χ1v) is 10.4. The zero-order chi connectivity index (χ0) is 20.8. The fourth-order valence-corrected chi connectivity index (χ4v) is 4.18. The number of imidazole rings is 1. The van der Waals surface area contributed by atoms with Crippen molar-refractivity contribution in [3.8, 4) is 22.9 Å². The first kappa shape index (κ1) is 18.0. The number of piperazine rings is 1. The van der Waals surface area contributed by atoms with Gasteiger partial charge in [-0.05, 0) is 37.4 Å². The molecular formula is C23H22N8. The van der Waals surface area contributed by atoms with E-state index in [1.54, 1.807) is 12.4 Å². The summed E-state index contributed by atoms with van der Waals surface area (Å²) in [5.41, 5.74) is 6.47. The fraction of sp³-hybridized carbons (Fsp3) is 0.217. The van der Waals surface area contributed by atoms with E-state index < -0.39 is 0 Å². The van der Waals surface area contributed by atoms with Gasteiger partial charge in [0.2, 0.25) is 0 Å². The molecule has 1 aliphatic rings. The maximum atomic E-state index is 4.97. The Kier molecular flexibility index (Phi) is 4.17. The zero-order valence-electron chi connectivity index (χ0n) is 17.2.